The Kier molecular flexibility index (Phi) is 3.66. The summed E-state index contributed by atoms with van der Waals surface area (Å²) in [4.78, 5) is 0. The summed E-state index contributed by atoms with van der Waals surface area (Å²) in [7, 11) is 0. The lowest BCUT2D eigenvalue weighted by atomic mass is 9.93. The van der Waals surface area contributed by atoms with E-state index >= 15 is 0 Å². The monoisotopic (exact) mass is 242 g/mol. The van der Waals surface area contributed by atoms with Gasteiger partial charge in [0.1, 0.15) is 0 Å². The van der Waals surface area contributed by atoms with Gasteiger partial charge in [0.05, 0.1) is 0 Å². The predicted octanol–water partition coefficient (Wildman–Crippen LogP) is 5.65. The van der Waals surface area contributed by atoms with Gasteiger partial charge in [-0.15, -0.1) is 0 Å². The molecule has 0 bridgehead atoms. The molecule has 0 radical (unpaired) electrons. The van der Waals surface area contributed by atoms with E-state index in [1.807, 2.05) is 0 Å². The Balaban J connectivity index is 2.33. The average molecular weight is 242 g/mol. The van der Waals surface area contributed by atoms with Gasteiger partial charge in [-0.25, -0.2) is 0 Å². The molecule has 1 aliphatic carbocycles. The smallest absolute Gasteiger partial charge is 0.00708 e. The van der Waals surface area contributed by atoms with Gasteiger partial charge in [0.2, 0.25) is 0 Å². The van der Waals surface area contributed by atoms with Crippen molar-refractivity contribution in [2.75, 3.05) is 0 Å². The molecule has 0 aliphatic heterocycles. The van der Waals surface area contributed by atoms with E-state index in [2.05, 4.69) is 65.0 Å². The lowest BCUT2D eigenvalue weighted by molar-refractivity contribution is 0.575. The van der Waals surface area contributed by atoms with Gasteiger partial charge in [-0.3, -0.25) is 0 Å². The van der Waals surface area contributed by atoms with Crippen LogP contribution in [0.1, 0.15) is 64.5 Å². The highest BCUT2D eigenvalue weighted by Crippen LogP contribution is 2.64. The maximum absolute atomic E-state index is 2.39. The summed E-state index contributed by atoms with van der Waals surface area (Å²) in [5.41, 5.74) is 4.94. The third-order valence-corrected chi connectivity index (χ3v) is 4.83. The Morgan fingerprint density at radius 2 is 1.89 bits per heavy atom. The topological polar surface area (TPSA) is 0 Å². The maximum Gasteiger partial charge on any atom is -0.00708 e. The highest BCUT2D eigenvalue weighted by molar-refractivity contribution is 5.68. The molecule has 0 heterocycles. The van der Waals surface area contributed by atoms with E-state index in [0.29, 0.717) is 5.41 Å². The van der Waals surface area contributed by atoms with Crippen LogP contribution in [0.25, 0.3) is 5.57 Å². The van der Waals surface area contributed by atoms with E-state index in [1.54, 1.807) is 5.56 Å². The first kappa shape index (κ1) is 13.4. The Hall–Kier alpha value is -1.04. The molecule has 0 spiro atoms. The van der Waals surface area contributed by atoms with Crippen LogP contribution >= 0.6 is 0 Å². The van der Waals surface area contributed by atoms with Crippen molar-refractivity contribution in [3.05, 3.63) is 41.5 Å². The number of hydrogen-bond donors (Lipinski definition) is 0. The molecule has 1 aliphatic rings. The van der Waals surface area contributed by atoms with Crippen molar-refractivity contribution in [1.29, 1.82) is 0 Å². The van der Waals surface area contributed by atoms with E-state index in [1.165, 1.54) is 24.0 Å². The van der Waals surface area contributed by atoms with E-state index in [9.17, 15) is 0 Å². The van der Waals surface area contributed by atoms with Crippen LogP contribution < -0.4 is 0 Å². The second kappa shape index (κ2) is 4.91. The molecule has 0 heteroatoms. The summed E-state index contributed by atoms with van der Waals surface area (Å²) in [5, 5.41) is 0. The van der Waals surface area contributed by atoms with Crippen LogP contribution in [0.3, 0.4) is 0 Å². The van der Waals surface area contributed by atoms with Crippen LogP contribution in [-0.4, -0.2) is 0 Å². The lowest BCUT2D eigenvalue weighted by Gasteiger charge is -2.11. The summed E-state index contributed by atoms with van der Waals surface area (Å²) >= 11 is 0. The Labute approximate surface area is 112 Å². The standard InChI is InChI=1S/C18H26/c1-6-7-10-13(2)15-11-8-9-12-16(15)17-14(3)18(17,4)5/h8-12,14,17H,6-7H2,1-5H3. The lowest BCUT2D eigenvalue weighted by Crippen LogP contribution is -1.94. The van der Waals surface area contributed by atoms with Gasteiger partial charge in [0.25, 0.3) is 0 Å². The Bertz CT molecular complexity index is 451. The van der Waals surface area contributed by atoms with Crippen molar-refractivity contribution >= 4 is 5.57 Å². The minimum atomic E-state index is 0.473. The molecule has 1 aromatic carbocycles. The first-order valence-electron chi connectivity index (χ1n) is 7.26. The molecule has 18 heavy (non-hydrogen) atoms. The number of rotatable bonds is 4. The Morgan fingerprint density at radius 1 is 1.28 bits per heavy atom. The summed E-state index contributed by atoms with van der Waals surface area (Å²) in [6.45, 7) is 11.7. The molecule has 1 fully saturated rings. The van der Waals surface area contributed by atoms with Gasteiger partial charge in [-0.05, 0) is 47.3 Å². The van der Waals surface area contributed by atoms with Crippen LogP contribution in [0.4, 0.5) is 0 Å². The zero-order chi connectivity index (χ0) is 13.3. The van der Waals surface area contributed by atoms with Gasteiger partial charge in [-0.2, -0.15) is 0 Å². The highest BCUT2D eigenvalue weighted by Gasteiger charge is 2.55. The molecular weight excluding hydrogens is 216 g/mol. The van der Waals surface area contributed by atoms with Crippen LogP contribution in [0.15, 0.2) is 30.3 Å². The van der Waals surface area contributed by atoms with Crippen molar-refractivity contribution in [2.24, 2.45) is 11.3 Å². The molecule has 2 rings (SSSR count). The van der Waals surface area contributed by atoms with Crippen LogP contribution in [0.2, 0.25) is 0 Å². The molecule has 1 saturated carbocycles. The molecule has 1 aromatic rings. The quantitative estimate of drug-likeness (QED) is 0.640. The van der Waals surface area contributed by atoms with Gasteiger partial charge in [0.15, 0.2) is 0 Å². The third kappa shape index (κ3) is 2.25. The van der Waals surface area contributed by atoms with Crippen molar-refractivity contribution < 1.29 is 0 Å². The molecule has 0 saturated heterocycles. The SMILES string of the molecule is CCCC=C(C)c1ccccc1C1C(C)C1(C)C. The second-order valence-corrected chi connectivity index (χ2v) is 6.35. The summed E-state index contributed by atoms with van der Waals surface area (Å²) in [6.07, 6.45) is 4.80. The van der Waals surface area contributed by atoms with E-state index in [-0.39, 0.29) is 0 Å². The molecule has 0 nitrogen and oxygen atoms in total. The molecule has 98 valence electrons. The van der Waals surface area contributed by atoms with E-state index in [0.717, 1.165) is 11.8 Å². The maximum atomic E-state index is 2.39. The van der Waals surface area contributed by atoms with Gasteiger partial charge in [-0.1, -0.05) is 64.5 Å². The average Bonchev–Trinajstić information content (AvgIpc) is 2.85. The molecule has 0 N–H and O–H groups in total. The largest absolute Gasteiger partial charge is 0.0810 e. The molecule has 0 aromatic heterocycles. The number of allylic oxidation sites excluding steroid dienone is 2. The Morgan fingerprint density at radius 3 is 2.44 bits per heavy atom. The number of hydrogen-bond acceptors (Lipinski definition) is 0. The fraction of sp³-hybridized carbons (Fsp3) is 0.556. The fourth-order valence-corrected chi connectivity index (χ4v) is 3.16. The second-order valence-electron chi connectivity index (χ2n) is 6.35. The van der Waals surface area contributed by atoms with Crippen LogP contribution in [0.5, 0.6) is 0 Å². The van der Waals surface area contributed by atoms with Crippen molar-refractivity contribution in [3.63, 3.8) is 0 Å². The summed E-state index contributed by atoms with van der Waals surface area (Å²) < 4.78 is 0. The van der Waals surface area contributed by atoms with Crippen LogP contribution in [0, 0.1) is 11.3 Å². The fourth-order valence-electron chi connectivity index (χ4n) is 3.16. The van der Waals surface area contributed by atoms with Crippen molar-refractivity contribution in [3.8, 4) is 0 Å². The predicted molar refractivity (Wildman–Crippen MR) is 80.7 cm³/mol. The van der Waals surface area contributed by atoms with Gasteiger partial charge < -0.3 is 0 Å². The number of benzene rings is 1. The zero-order valence-electron chi connectivity index (χ0n) is 12.5. The van der Waals surface area contributed by atoms with E-state index in [4.69, 9.17) is 0 Å². The third-order valence-electron chi connectivity index (χ3n) is 4.83. The molecule has 2 atom stereocenters. The molecule has 0 amide bonds. The van der Waals surface area contributed by atoms with Crippen molar-refractivity contribution in [2.45, 2.75) is 53.4 Å². The minimum absolute atomic E-state index is 0.473. The first-order valence-corrected chi connectivity index (χ1v) is 7.26. The minimum Gasteiger partial charge on any atom is -0.0810 e. The highest BCUT2D eigenvalue weighted by atomic mass is 14.6. The van der Waals surface area contributed by atoms with Gasteiger partial charge in [0, 0.05) is 0 Å². The van der Waals surface area contributed by atoms with E-state index < -0.39 is 0 Å². The van der Waals surface area contributed by atoms with Gasteiger partial charge >= 0.3 is 0 Å². The van der Waals surface area contributed by atoms with Crippen molar-refractivity contribution in [1.82, 2.24) is 0 Å². The first-order chi connectivity index (χ1) is 8.50. The summed E-state index contributed by atoms with van der Waals surface area (Å²) in [5.74, 6) is 1.54. The summed E-state index contributed by atoms with van der Waals surface area (Å²) in [6, 6.07) is 8.97. The molecule has 2 unspecified atom stereocenters. The normalized spacial score (nSPS) is 26.2. The van der Waals surface area contributed by atoms with Crippen LogP contribution in [-0.2, 0) is 0 Å². The molecular formula is C18H26. The zero-order valence-corrected chi connectivity index (χ0v) is 12.5. The number of unbranched alkanes of at least 4 members (excludes halogenated alkanes) is 1.